The first-order chi connectivity index (χ1) is 7.99. The Bertz CT molecular complexity index is 363. The molecule has 17 heavy (non-hydrogen) atoms. The largest absolute Gasteiger partial charge is 0.481 e. The summed E-state index contributed by atoms with van der Waals surface area (Å²) in [5, 5.41) is 12.6. The van der Waals surface area contributed by atoms with Crippen LogP contribution in [0.5, 0.6) is 0 Å². The summed E-state index contributed by atoms with van der Waals surface area (Å²) in [6.07, 6.45) is 0.0966. The number of rotatable bonds is 7. The highest BCUT2D eigenvalue weighted by atomic mass is 16.5. The zero-order valence-electron chi connectivity index (χ0n) is 10.5. The van der Waals surface area contributed by atoms with E-state index >= 15 is 0 Å². The smallest absolute Gasteiger partial charge is 0.305 e. The zero-order chi connectivity index (χ0) is 12.8. The summed E-state index contributed by atoms with van der Waals surface area (Å²) >= 11 is 0. The predicted molar refractivity (Wildman–Crippen MR) is 64.3 cm³/mol. The van der Waals surface area contributed by atoms with Crippen LogP contribution in [0.2, 0.25) is 0 Å². The van der Waals surface area contributed by atoms with E-state index < -0.39 is 5.97 Å². The van der Waals surface area contributed by atoms with Gasteiger partial charge in [-0.05, 0) is 21.0 Å². The molecule has 0 amide bonds. The number of carboxylic acid groups (broad SMARTS) is 1. The van der Waals surface area contributed by atoms with Gasteiger partial charge in [-0.3, -0.25) is 4.79 Å². The number of aliphatic carboxylic acids is 1. The summed E-state index contributed by atoms with van der Waals surface area (Å²) in [7, 11) is 3.95. The number of carboxylic acids is 1. The van der Waals surface area contributed by atoms with Crippen LogP contribution >= 0.6 is 0 Å². The Hall–Kier alpha value is -1.56. The Morgan fingerprint density at radius 2 is 2.12 bits per heavy atom. The maximum absolute atomic E-state index is 10.6. The van der Waals surface area contributed by atoms with E-state index in [9.17, 15) is 4.79 Å². The van der Waals surface area contributed by atoms with E-state index in [1.54, 1.807) is 0 Å². The van der Waals surface area contributed by atoms with Crippen molar-refractivity contribution in [2.45, 2.75) is 13.3 Å². The molecule has 0 fully saturated rings. The lowest BCUT2D eigenvalue weighted by atomic mass is 10.3. The van der Waals surface area contributed by atoms with Crippen molar-refractivity contribution in [2.24, 2.45) is 0 Å². The summed E-state index contributed by atoms with van der Waals surface area (Å²) in [6, 6.07) is 1.82. The minimum absolute atomic E-state index is 0.0966. The first-order valence-corrected chi connectivity index (χ1v) is 5.54. The van der Waals surface area contributed by atoms with Crippen LogP contribution in [0.4, 0.5) is 5.82 Å². The molecule has 0 unspecified atom stereocenters. The van der Waals surface area contributed by atoms with Crippen molar-refractivity contribution >= 4 is 11.8 Å². The van der Waals surface area contributed by atoms with E-state index in [1.165, 1.54) is 0 Å². The first kappa shape index (κ1) is 13.5. The number of hydrogen-bond acceptors (Lipinski definition) is 5. The zero-order valence-corrected chi connectivity index (χ0v) is 10.5. The van der Waals surface area contributed by atoms with Crippen molar-refractivity contribution in [3.8, 4) is 0 Å². The number of nitrogens with zero attached hydrogens (tertiary/aromatic N) is 3. The van der Waals surface area contributed by atoms with Crippen LogP contribution < -0.4 is 4.90 Å². The van der Waals surface area contributed by atoms with E-state index in [0.29, 0.717) is 12.4 Å². The van der Waals surface area contributed by atoms with E-state index in [1.807, 2.05) is 36.9 Å². The fourth-order valence-corrected chi connectivity index (χ4v) is 1.39. The summed E-state index contributed by atoms with van der Waals surface area (Å²) < 4.78 is 5.01. The Balaban J connectivity index is 2.61. The molecular formula is C11H19N3O3. The quantitative estimate of drug-likeness (QED) is 0.762. The molecule has 0 atom stereocenters. The minimum atomic E-state index is -0.805. The van der Waals surface area contributed by atoms with Crippen molar-refractivity contribution in [1.29, 1.82) is 0 Å². The van der Waals surface area contributed by atoms with Gasteiger partial charge in [0.2, 0.25) is 0 Å². The number of aryl methyl sites for hydroxylation is 1. The van der Waals surface area contributed by atoms with Crippen LogP contribution in [0.3, 0.4) is 0 Å². The molecule has 0 saturated carbocycles. The number of hydrogen-bond donors (Lipinski definition) is 1. The number of likely N-dealkylation sites (N-methyl/N-ethyl adjacent to an activating group) is 1. The Kier molecular flexibility index (Phi) is 4.96. The maximum Gasteiger partial charge on any atom is 0.305 e. The van der Waals surface area contributed by atoms with Gasteiger partial charge in [-0.2, -0.15) is 0 Å². The maximum atomic E-state index is 10.6. The van der Waals surface area contributed by atoms with E-state index in [-0.39, 0.29) is 6.42 Å². The molecule has 6 heteroatoms. The summed E-state index contributed by atoms with van der Waals surface area (Å²) in [5.74, 6) is 0.621. The van der Waals surface area contributed by atoms with Crippen LogP contribution in [-0.4, -0.2) is 54.9 Å². The van der Waals surface area contributed by atoms with Crippen molar-refractivity contribution in [1.82, 2.24) is 10.1 Å². The molecule has 0 radical (unpaired) electrons. The van der Waals surface area contributed by atoms with Gasteiger partial charge in [0.1, 0.15) is 5.76 Å². The Morgan fingerprint density at radius 3 is 2.59 bits per heavy atom. The van der Waals surface area contributed by atoms with Gasteiger partial charge < -0.3 is 19.4 Å². The standard InChI is InChI=1S/C11H19N3O3/c1-9-8-10(12-17-9)14(5-4-11(15)16)7-6-13(2)3/h8H,4-7H2,1-3H3,(H,15,16). The third kappa shape index (κ3) is 4.86. The van der Waals surface area contributed by atoms with Crippen LogP contribution in [0, 0.1) is 6.92 Å². The van der Waals surface area contributed by atoms with Crippen LogP contribution in [0.1, 0.15) is 12.2 Å². The average Bonchev–Trinajstić information content (AvgIpc) is 2.64. The monoisotopic (exact) mass is 241 g/mol. The van der Waals surface area contributed by atoms with Gasteiger partial charge in [0.25, 0.3) is 0 Å². The molecule has 0 saturated heterocycles. The molecule has 1 N–H and O–H groups in total. The summed E-state index contributed by atoms with van der Waals surface area (Å²) in [6.45, 7) is 3.82. The third-order valence-electron chi connectivity index (χ3n) is 2.35. The second-order valence-corrected chi connectivity index (χ2v) is 4.23. The number of anilines is 1. The highest BCUT2D eigenvalue weighted by Gasteiger charge is 2.12. The molecule has 1 rings (SSSR count). The van der Waals surface area contributed by atoms with Gasteiger partial charge in [0.05, 0.1) is 6.42 Å². The van der Waals surface area contributed by atoms with Crippen LogP contribution in [-0.2, 0) is 4.79 Å². The first-order valence-electron chi connectivity index (χ1n) is 5.54. The third-order valence-corrected chi connectivity index (χ3v) is 2.35. The van der Waals surface area contributed by atoms with E-state index in [4.69, 9.17) is 9.63 Å². The second kappa shape index (κ2) is 6.24. The van der Waals surface area contributed by atoms with Gasteiger partial charge >= 0.3 is 5.97 Å². The molecule has 0 aromatic carbocycles. The van der Waals surface area contributed by atoms with Crippen LogP contribution in [0.25, 0.3) is 0 Å². The molecule has 1 aromatic heterocycles. The number of carbonyl (C=O) groups is 1. The lowest BCUT2D eigenvalue weighted by Crippen LogP contribution is -2.33. The molecule has 96 valence electrons. The van der Waals surface area contributed by atoms with Gasteiger partial charge in [0, 0.05) is 25.7 Å². The molecule has 0 spiro atoms. The van der Waals surface area contributed by atoms with Crippen molar-refractivity contribution < 1.29 is 14.4 Å². The molecule has 1 aromatic rings. The highest BCUT2D eigenvalue weighted by Crippen LogP contribution is 2.13. The molecule has 0 aliphatic carbocycles. The topological polar surface area (TPSA) is 69.8 Å². The lowest BCUT2D eigenvalue weighted by molar-refractivity contribution is -0.136. The molecule has 0 aliphatic rings. The SMILES string of the molecule is Cc1cc(N(CCC(=O)O)CCN(C)C)no1. The lowest BCUT2D eigenvalue weighted by Gasteiger charge is -2.22. The fourth-order valence-electron chi connectivity index (χ4n) is 1.39. The van der Waals surface area contributed by atoms with Gasteiger partial charge in [0.15, 0.2) is 5.82 Å². The predicted octanol–water partition coefficient (Wildman–Crippen LogP) is 0.826. The Labute approximate surface area is 101 Å². The Morgan fingerprint density at radius 1 is 1.41 bits per heavy atom. The normalized spacial score (nSPS) is 10.8. The second-order valence-electron chi connectivity index (χ2n) is 4.23. The van der Waals surface area contributed by atoms with Crippen molar-refractivity contribution in [3.05, 3.63) is 11.8 Å². The molecule has 1 heterocycles. The highest BCUT2D eigenvalue weighted by molar-refractivity contribution is 5.67. The average molecular weight is 241 g/mol. The summed E-state index contributed by atoms with van der Waals surface area (Å²) in [5.41, 5.74) is 0. The van der Waals surface area contributed by atoms with E-state index in [0.717, 1.165) is 18.8 Å². The van der Waals surface area contributed by atoms with Crippen LogP contribution in [0.15, 0.2) is 10.6 Å². The number of aromatic nitrogens is 1. The molecular weight excluding hydrogens is 222 g/mol. The van der Waals surface area contributed by atoms with Crippen molar-refractivity contribution in [3.63, 3.8) is 0 Å². The van der Waals surface area contributed by atoms with E-state index in [2.05, 4.69) is 5.16 Å². The fraction of sp³-hybridized carbons (Fsp3) is 0.636. The molecule has 6 nitrogen and oxygen atoms in total. The molecule has 0 bridgehead atoms. The van der Waals surface area contributed by atoms with Crippen molar-refractivity contribution in [2.75, 3.05) is 38.6 Å². The van der Waals surface area contributed by atoms with Gasteiger partial charge in [-0.15, -0.1) is 0 Å². The minimum Gasteiger partial charge on any atom is -0.481 e. The summed E-state index contributed by atoms with van der Waals surface area (Å²) in [4.78, 5) is 14.6. The van der Waals surface area contributed by atoms with Gasteiger partial charge in [-0.25, -0.2) is 0 Å². The molecule has 0 aliphatic heterocycles. The van der Waals surface area contributed by atoms with Gasteiger partial charge in [-0.1, -0.05) is 5.16 Å².